The van der Waals surface area contributed by atoms with E-state index in [1.54, 1.807) is 18.3 Å². The Labute approximate surface area is 150 Å². The van der Waals surface area contributed by atoms with Gasteiger partial charge in [0.15, 0.2) is 0 Å². The lowest BCUT2D eigenvalue weighted by molar-refractivity contribution is 0.0405. The lowest BCUT2D eigenvalue weighted by Crippen LogP contribution is -2.44. The summed E-state index contributed by atoms with van der Waals surface area (Å²) in [5.74, 6) is 0.268. The molecule has 2 fully saturated rings. The van der Waals surface area contributed by atoms with Gasteiger partial charge in [-0.15, -0.1) is 0 Å². The fourth-order valence-electron chi connectivity index (χ4n) is 3.81. The second kappa shape index (κ2) is 8.09. The van der Waals surface area contributed by atoms with E-state index in [0.29, 0.717) is 6.04 Å². The molecule has 3 heterocycles. The first kappa shape index (κ1) is 18.7. The number of hydrogen-bond acceptors (Lipinski definition) is 6. The number of nitrogens with one attached hydrogen (secondary N) is 1. The summed E-state index contributed by atoms with van der Waals surface area (Å²) in [6, 6.07) is 3.64. The van der Waals surface area contributed by atoms with Crippen LogP contribution in [-0.4, -0.2) is 82.2 Å². The van der Waals surface area contributed by atoms with Gasteiger partial charge in [0.1, 0.15) is 4.90 Å². The minimum Gasteiger partial charge on any atom is -0.381 e. The van der Waals surface area contributed by atoms with Crippen LogP contribution in [0.2, 0.25) is 0 Å². The average molecular weight is 369 g/mol. The van der Waals surface area contributed by atoms with Crippen LogP contribution in [0.25, 0.3) is 0 Å². The first-order valence-electron chi connectivity index (χ1n) is 8.84. The van der Waals surface area contributed by atoms with Crippen LogP contribution in [-0.2, 0) is 14.8 Å². The maximum absolute atomic E-state index is 12.7. The Balaban J connectivity index is 1.72. The number of aromatic nitrogens is 1. The molecule has 1 aromatic rings. The number of nitrogens with zero attached hydrogens (tertiary/aromatic N) is 3. The van der Waals surface area contributed by atoms with E-state index in [1.165, 1.54) is 6.20 Å². The number of hydrogen-bond donors (Lipinski definition) is 1. The summed E-state index contributed by atoms with van der Waals surface area (Å²) in [6.07, 6.45) is 5.03. The highest BCUT2D eigenvalue weighted by Crippen LogP contribution is 2.25. The van der Waals surface area contributed by atoms with Crippen LogP contribution in [0.1, 0.15) is 12.8 Å². The Bertz CT molecular complexity index is 647. The molecular formula is C17H28N4O3S. The molecule has 2 aliphatic rings. The van der Waals surface area contributed by atoms with E-state index in [4.69, 9.17) is 4.74 Å². The molecule has 0 bridgehead atoms. The van der Waals surface area contributed by atoms with Crippen LogP contribution in [0, 0.1) is 5.92 Å². The number of pyridine rings is 1. The van der Waals surface area contributed by atoms with Crippen molar-refractivity contribution >= 4 is 10.0 Å². The molecule has 2 aliphatic heterocycles. The van der Waals surface area contributed by atoms with Crippen molar-refractivity contribution in [3.05, 3.63) is 24.5 Å². The van der Waals surface area contributed by atoms with Crippen molar-refractivity contribution in [2.24, 2.45) is 5.92 Å². The third-order valence-corrected chi connectivity index (χ3v) is 6.50. The zero-order valence-corrected chi connectivity index (χ0v) is 15.8. The van der Waals surface area contributed by atoms with Gasteiger partial charge in [-0.1, -0.05) is 0 Å². The lowest BCUT2D eigenvalue weighted by atomic mass is 10.0. The number of rotatable bonds is 6. The van der Waals surface area contributed by atoms with Crippen molar-refractivity contribution in [3.8, 4) is 0 Å². The third kappa shape index (κ3) is 4.77. The van der Waals surface area contributed by atoms with Crippen LogP contribution >= 0.6 is 0 Å². The van der Waals surface area contributed by atoms with Gasteiger partial charge in [-0.2, -0.15) is 0 Å². The van der Waals surface area contributed by atoms with Gasteiger partial charge in [0.25, 0.3) is 0 Å². The first-order valence-corrected chi connectivity index (χ1v) is 10.3. The van der Waals surface area contributed by atoms with E-state index < -0.39 is 10.0 Å². The molecule has 0 amide bonds. The van der Waals surface area contributed by atoms with Crippen LogP contribution in [0.4, 0.5) is 0 Å². The molecule has 0 aromatic carbocycles. The lowest BCUT2D eigenvalue weighted by Gasteiger charge is -2.31. The van der Waals surface area contributed by atoms with Crippen LogP contribution in [0.5, 0.6) is 0 Å². The van der Waals surface area contributed by atoms with Gasteiger partial charge >= 0.3 is 0 Å². The third-order valence-electron chi connectivity index (χ3n) is 5.03. The van der Waals surface area contributed by atoms with E-state index in [-0.39, 0.29) is 16.9 Å². The zero-order valence-electron chi connectivity index (χ0n) is 15.0. The van der Waals surface area contributed by atoms with Crippen molar-refractivity contribution in [1.82, 2.24) is 19.5 Å². The van der Waals surface area contributed by atoms with Crippen molar-refractivity contribution in [1.29, 1.82) is 0 Å². The minimum absolute atomic E-state index is 0.0875. The van der Waals surface area contributed by atoms with E-state index >= 15 is 0 Å². The van der Waals surface area contributed by atoms with Crippen LogP contribution < -0.4 is 4.72 Å². The van der Waals surface area contributed by atoms with Gasteiger partial charge in [-0.05, 0) is 39.1 Å². The van der Waals surface area contributed by atoms with Crippen molar-refractivity contribution < 1.29 is 13.2 Å². The van der Waals surface area contributed by atoms with E-state index in [2.05, 4.69) is 19.5 Å². The molecule has 3 rings (SSSR count). The molecule has 8 heteroatoms. The summed E-state index contributed by atoms with van der Waals surface area (Å²) >= 11 is 0. The summed E-state index contributed by atoms with van der Waals surface area (Å²) in [6.45, 7) is 4.13. The van der Waals surface area contributed by atoms with Gasteiger partial charge in [-0.3, -0.25) is 9.88 Å². The molecule has 1 N–H and O–H groups in total. The maximum Gasteiger partial charge on any atom is 0.242 e. The van der Waals surface area contributed by atoms with Gasteiger partial charge < -0.3 is 9.64 Å². The van der Waals surface area contributed by atoms with Crippen molar-refractivity contribution in [3.63, 3.8) is 0 Å². The Hall–Kier alpha value is -1.06. The number of ether oxygens (including phenoxy) is 1. The SMILES string of the molecule is CN(C)C[C@@H]1CN(C2CCOCC2)C[C@H]1NS(=O)(=O)c1cccnc1. The zero-order chi connectivity index (χ0) is 17.9. The highest BCUT2D eigenvalue weighted by atomic mass is 32.2. The topological polar surface area (TPSA) is 74.8 Å². The second-order valence-corrected chi connectivity index (χ2v) is 8.95. The van der Waals surface area contributed by atoms with Crippen molar-refractivity contribution in [2.45, 2.75) is 29.8 Å². The predicted octanol–water partition coefficient (Wildman–Crippen LogP) is 0.401. The molecule has 2 atom stereocenters. The van der Waals surface area contributed by atoms with E-state index in [0.717, 1.165) is 45.7 Å². The molecule has 140 valence electrons. The molecule has 0 radical (unpaired) electrons. The van der Waals surface area contributed by atoms with E-state index in [9.17, 15) is 8.42 Å². The number of sulfonamides is 1. The molecule has 7 nitrogen and oxygen atoms in total. The van der Waals surface area contributed by atoms with E-state index in [1.807, 2.05) is 14.1 Å². The summed E-state index contributed by atoms with van der Waals surface area (Å²) in [4.78, 5) is 8.72. The fourth-order valence-corrected chi connectivity index (χ4v) is 5.07. The van der Waals surface area contributed by atoms with Crippen molar-refractivity contribution in [2.75, 3.05) is 46.9 Å². The highest BCUT2D eigenvalue weighted by Gasteiger charge is 2.38. The predicted molar refractivity (Wildman–Crippen MR) is 95.8 cm³/mol. The molecule has 0 unspecified atom stereocenters. The standard InChI is InChI=1S/C17H28N4O3S/c1-20(2)11-14-12-21(15-5-8-24-9-6-15)13-17(14)19-25(22,23)16-4-3-7-18-10-16/h3-4,7,10,14-15,17,19H,5-6,8-9,11-13H2,1-2H3/t14-,17-/m1/s1. The summed E-state index contributed by atoms with van der Waals surface area (Å²) in [7, 11) is 0.514. The van der Waals surface area contributed by atoms with Gasteiger partial charge in [0, 0.05) is 63.2 Å². The summed E-state index contributed by atoms with van der Waals surface area (Å²) in [5.41, 5.74) is 0. The monoisotopic (exact) mass is 368 g/mol. The number of likely N-dealkylation sites (tertiary alicyclic amines) is 1. The van der Waals surface area contributed by atoms with Gasteiger partial charge in [-0.25, -0.2) is 13.1 Å². The Morgan fingerprint density at radius 2 is 2.08 bits per heavy atom. The Morgan fingerprint density at radius 3 is 2.72 bits per heavy atom. The molecule has 0 saturated carbocycles. The van der Waals surface area contributed by atoms with Gasteiger partial charge in [0.2, 0.25) is 10.0 Å². The molecule has 25 heavy (non-hydrogen) atoms. The molecule has 2 saturated heterocycles. The first-order chi connectivity index (χ1) is 12.0. The molecular weight excluding hydrogens is 340 g/mol. The summed E-state index contributed by atoms with van der Waals surface area (Å²) in [5, 5.41) is 0. The largest absolute Gasteiger partial charge is 0.381 e. The second-order valence-electron chi connectivity index (χ2n) is 7.24. The van der Waals surface area contributed by atoms with Crippen LogP contribution in [0.3, 0.4) is 0 Å². The fraction of sp³-hybridized carbons (Fsp3) is 0.706. The van der Waals surface area contributed by atoms with Crippen LogP contribution in [0.15, 0.2) is 29.4 Å². The summed E-state index contributed by atoms with van der Waals surface area (Å²) < 4.78 is 33.8. The Morgan fingerprint density at radius 1 is 1.32 bits per heavy atom. The molecule has 0 aliphatic carbocycles. The minimum atomic E-state index is -3.55. The quantitative estimate of drug-likeness (QED) is 0.784. The normalized spacial score (nSPS) is 26.4. The smallest absolute Gasteiger partial charge is 0.242 e. The molecule has 1 aromatic heterocycles. The average Bonchev–Trinajstić information content (AvgIpc) is 2.98. The highest BCUT2D eigenvalue weighted by molar-refractivity contribution is 7.89. The maximum atomic E-state index is 12.7. The van der Waals surface area contributed by atoms with Gasteiger partial charge in [0.05, 0.1) is 0 Å². The molecule has 0 spiro atoms. The Kier molecular flexibility index (Phi) is 6.06.